The van der Waals surface area contributed by atoms with E-state index in [-0.39, 0.29) is 12.3 Å². The topological polar surface area (TPSA) is 86.3 Å². The number of nitrogens with zero attached hydrogens (tertiary/aromatic N) is 2. The molecule has 0 saturated heterocycles. The van der Waals surface area contributed by atoms with Gasteiger partial charge in [-0.2, -0.15) is 5.10 Å². The molecule has 0 fully saturated rings. The van der Waals surface area contributed by atoms with Gasteiger partial charge >= 0.3 is 5.97 Å². The van der Waals surface area contributed by atoms with E-state index in [0.717, 1.165) is 11.3 Å². The lowest BCUT2D eigenvalue weighted by molar-refractivity contribution is -0.137. The molecule has 0 bridgehead atoms. The van der Waals surface area contributed by atoms with Crippen molar-refractivity contribution in [1.82, 2.24) is 15.1 Å². The molecule has 6 heteroatoms. The molecule has 0 radical (unpaired) electrons. The van der Waals surface area contributed by atoms with Gasteiger partial charge < -0.3 is 10.0 Å². The Morgan fingerprint density at radius 2 is 2.00 bits per heavy atom. The molecular formula is C16H19N3O3. The molecule has 1 aromatic carbocycles. The van der Waals surface area contributed by atoms with Crippen LogP contribution in [0.1, 0.15) is 34.6 Å². The standard InChI is InChI=1S/C16H19N3O3/c1-12-10-14(18-17-12)16(22)19(9-5-8-15(20)21)11-13-6-3-2-4-7-13/h2-4,6-7,10H,5,8-9,11H2,1H3,(H,17,18)(H,20,21). The fourth-order valence-electron chi connectivity index (χ4n) is 2.17. The van der Waals surface area contributed by atoms with Crippen molar-refractivity contribution in [3.63, 3.8) is 0 Å². The van der Waals surface area contributed by atoms with Crippen LogP contribution in [-0.2, 0) is 11.3 Å². The van der Waals surface area contributed by atoms with E-state index in [4.69, 9.17) is 5.11 Å². The highest BCUT2D eigenvalue weighted by Crippen LogP contribution is 2.11. The lowest BCUT2D eigenvalue weighted by atomic mass is 10.2. The monoisotopic (exact) mass is 301 g/mol. The van der Waals surface area contributed by atoms with Crippen molar-refractivity contribution < 1.29 is 14.7 Å². The molecule has 0 aliphatic heterocycles. The molecule has 2 rings (SSSR count). The Balaban J connectivity index is 2.09. The maximum atomic E-state index is 12.5. The summed E-state index contributed by atoms with van der Waals surface area (Å²) in [6.07, 6.45) is 0.454. The van der Waals surface area contributed by atoms with Gasteiger partial charge in [0.1, 0.15) is 5.69 Å². The van der Waals surface area contributed by atoms with E-state index in [1.807, 2.05) is 37.3 Å². The number of hydrogen-bond acceptors (Lipinski definition) is 3. The third-order valence-corrected chi connectivity index (χ3v) is 3.25. The number of rotatable bonds is 7. The Morgan fingerprint density at radius 1 is 1.27 bits per heavy atom. The van der Waals surface area contributed by atoms with Crippen LogP contribution >= 0.6 is 0 Å². The van der Waals surface area contributed by atoms with Crippen molar-refractivity contribution in [2.45, 2.75) is 26.3 Å². The highest BCUT2D eigenvalue weighted by atomic mass is 16.4. The Kier molecular flexibility index (Phi) is 5.30. The van der Waals surface area contributed by atoms with E-state index < -0.39 is 5.97 Å². The number of nitrogens with one attached hydrogen (secondary N) is 1. The van der Waals surface area contributed by atoms with Crippen LogP contribution in [0.2, 0.25) is 0 Å². The Hall–Kier alpha value is -2.63. The van der Waals surface area contributed by atoms with Gasteiger partial charge in [0.05, 0.1) is 0 Å². The second-order valence-electron chi connectivity index (χ2n) is 5.15. The zero-order valence-electron chi connectivity index (χ0n) is 12.5. The Labute approximate surface area is 128 Å². The minimum absolute atomic E-state index is 0.0398. The van der Waals surface area contributed by atoms with Gasteiger partial charge in [-0.1, -0.05) is 30.3 Å². The minimum Gasteiger partial charge on any atom is -0.481 e. The van der Waals surface area contributed by atoms with Crippen molar-refractivity contribution in [1.29, 1.82) is 0 Å². The van der Waals surface area contributed by atoms with Gasteiger partial charge in [-0.25, -0.2) is 0 Å². The maximum Gasteiger partial charge on any atom is 0.303 e. The van der Waals surface area contributed by atoms with Crippen LogP contribution in [0.5, 0.6) is 0 Å². The predicted molar refractivity (Wildman–Crippen MR) is 81.4 cm³/mol. The van der Waals surface area contributed by atoms with Gasteiger partial charge in [0.2, 0.25) is 0 Å². The van der Waals surface area contributed by atoms with Gasteiger partial charge in [0, 0.05) is 25.2 Å². The van der Waals surface area contributed by atoms with E-state index >= 15 is 0 Å². The first-order valence-corrected chi connectivity index (χ1v) is 7.13. The zero-order valence-corrected chi connectivity index (χ0v) is 12.5. The van der Waals surface area contributed by atoms with Crippen LogP contribution in [0, 0.1) is 6.92 Å². The van der Waals surface area contributed by atoms with Crippen molar-refractivity contribution in [3.05, 3.63) is 53.3 Å². The Bertz CT molecular complexity index is 637. The number of H-pyrrole nitrogens is 1. The summed E-state index contributed by atoms with van der Waals surface area (Å²) in [6, 6.07) is 11.3. The quantitative estimate of drug-likeness (QED) is 0.821. The molecule has 0 aliphatic rings. The molecule has 6 nitrogen and oxygen atoms in total. The zero-order chi connectivity index (χ0) is 15.9. The molecule has 0 unspecified atom stereocenters. The van der Waals surface area contributed by atoms with E-state index in [1.54, 1.807) is 11.0 Å². The number of benzene rings is 1. The molecule has 1 aromatic heterocycles. The molecular weight excluding hydrogens is 282 g/mol. The molecule has 0 aliphatic carbocycles. The van der Waals surface area contributed by atoms with Crippen molar-refractivity contribution >= 4 is 11.9 Å². The summed E-state index contributed by atoms with van der Waals surface area (Å²) >= 11 is 0. The lowest BCUT2D eigenvalue weighted by Crippen LogP contribution is -2.32. The van der Waals surface area contributed by atoms with Gasteiger partial charge in [0.15, 0.2) is 0 Å². The normalized spacial score (nSPS) is 10.4. The fraction of sp³-hybridized carbons (Fsp3) is 0.312. The van der Waals surface area contributed by atoms with E-state index in [1.165, 1.54) is 0 Å². The van der Waals surface area contributed by atoms with Crippen LogP contribution in [0.3, 0.4) is 0 Å². The highest BCUT2D eigenvalue weighted by Gasteiger charge is 2.18. The van der Waals surface area contributed by atoms with Crippen molar-refractivity contribution in [3.8, 4) is 0 Å². The molecule has 0 saturated carbocycles. The second-order valence-corrected chi connectivity index (χ2v) is 5.15. The molecule has 22 heavy (non-hydrogen) atoms. The van der Waals surface area contributed by atoms with Crippen LogP contribution in [0.15, 0.2) is 36.4 Å². The van der Waals surface area contributed by atoms with Crippen LogP contribution in [-0.4, -0.2) is 38.6 Å². The third kappa shape index (κ3) is 4.44. The molecule has 116 valence electrons. The van der Waals surface area contributed by atoms with Crippen molar-refractivity contribution in [2.75, 3.05) is 6.54 Å². The van der Waals surface area contributed by atoms with Gasteiger partial charge in [-0.3, -0.25) is 14.7 Å². The summed E-state index contributed by atoms with van der Waals surface area (Å²) < 4.78 is 0. The molecule has 0 spiro atoms. The number of hydrogen-bond donors (Lipinski definition) is 2. The summed E-state index contributed by atoms with van der Waals surface area (Å²) in [7, 11) is 0. The number of aliphatic carboxylic acids is 1. The predicted octanol–water partition coefficient (Wildman–Crippen LogP) is 2.23. The van der Waals surface area contributed by atoms with E-state index in [2.05, 4.69) is 10.2 Å². The number of aromatic nitrogens is 2. The molecule has 0 atom stereocenters. The average molecular weight is 301 g/mol. The number of aromatic amines is 1. The largest absolute Gasteiger partial charge is 0.481 e. The van der Waals surface area contributed by atoms with Crippen LogP contribution in [0.25, 0.3) is 0 Å². The van der Waals surface area contributed by atoms with Gasteiger partial charge in [-0.05, 0) is 25.0 Å². The fourth-order valence-corrected chi connectivity index (χ4v) is 2.17. The SMILES string of the molecule is Cc1cc(C(=O)N(CCCC(=O)O)Cc2ccccc2)n[nH]1. The first kappa shape index (κ1) is 15.8. The van der Waals surface area contributed by atoms with Crippen molar-refractivity contribution in [2.24, 2.45) is 0 Å². The first-order valence-electron chi connectivity index (χ1n) is 7.13. The molecule has 1 heterocycles. The second kappa shape index (κ2) is 7.40. The van der Waals surface area contributed by atoms with Crippen LogP contribution < -0.4 is 0 Å². The molecule has 2 N–H and O–H groups in total. The number of carbonyl (C=O) groups is 2. The number of carboxylic acids is 1. The summed E-state index contributed by atoms with van der Waals surface area (Å²) in [4.78, 5) is 24.8. The van der Waals surface area contributed by atoms with Gasteiger partial charge in [0.25, 0.3) is 5.91 Å². The number of carboxylic acid groups (broad SMARTS) is 1. The summed E-state index contributed by atoms with van der Waals surface area (Å²) in [5.74, 6) is -1.05. The van der Waals surface area contributed by atoms with E-state index in [0.29, 0.717) is 25.2 Å². The smallest absolute Gasteiger partial charge is 0.303 e. The lowest BCUT2D eigenvalue weighted by Gasteiger charge is -2.21. The minimum atomic E-state index is -0.859. The molecule has 1 amide bonds. The first-order chi connectivity index (χ1) is 10.6. The highest BCUT2D eigenvalue weighted by molar-refractivity contribution is 5.92. The maximum absolute atomic E-state index is 12.5. The van der Waals surface area contributed by atoms with E-state index in [9.17, 15) is 9.59 Å². The summed E-state index contributed by atoms with van der Waals surface area (Å²) in [5.41, 5.74) is 2.16. The number of amides is 1. The van der Waals surface area contributed by atoms with Gasteiger partial charge in [-0.15, -0.1) is 0 Å². The summed E-state index contributed by atoms with van der Waals surface area (Å²) in [5, 5.41) is 15.5. The van der Waals surface area contributed by atoms with Crippen LogP contribution in [0.4, 0.5) is 0 Å². The third-order valence-electron chi connectivity index (χ3n) is 3.25. The molecule has 2 aromatic rings. The summed E-state index contributed by atoms with van der Waals surface area (Å²) in [6.45, 7) is 2.65. The average Bonchev–Trinajstić information content (AvgIpc) is 2.93. The Morgan fingerprint density at radius 3 is 2.59 bits per heavy atom. The number of aryl methyl sites for hydroxylation is 1. The number of carbonyl (C=O) groups excluding carboxylic acids is 1.